The smallest absolute Gasteiger partial charge is 0.251 e. The van der Waals surface area contributed by atoms with Crippen molar-refractivity contribution in [1.29, 1.82) is 0 Å². The molecule has 3 aromatic rings. The highest BCUT2D eigenvalue weighted by Crippen LogP contribution is 2.36. The minimum absolute atomic E-state index is 0.0220. The van der Waals surface area contributed by atoms with Crippen LogP contribution in [0.2, 0.25) is 5.02 Å². The van der Waals surface area contributed by atoms with Gasteiger partial charge in [-0.25, -0.2) is 0 Å². The van der Waals surface area contributed by atoms with Gasteiger partial charge in [-0.1, -0.05) is 41.9 Å². The molecule has 0 aromatic heterocycles. The summed E-state index contributed by atoms with van der Waals surface area (Å²) in [5.41, 5.74) is 3.09. The fraction of sp³-hybridized carbons (Fsp3) is 0.387. The Morgan fingerprint density at radius 3 is 2.48 bits per heavy atom. The van der Waals surface area contributed by atoms with Gasteiger partial charge in [0.1, 0.15) is 30.2 Å². The van der Waals surface area contributed by atoms with Crippen LogP contribution in [0, 0.1) is 0 Å². The minimum Gasteiger partial charge on any atom is -0.494 e. The quantitative estimate of drug-likeness (QED) is 0.254. The molecule has 1 fully saturated rings. The number of hydrogen-bond donors (Lipinski definition) is 4. The first-order valence-electron chi connectivity index (χ1n) is 13.4. The summed E-state index contributed by atoms with van der Waals surface area (Å²) in [6, 6.07) is 20.4. The zero-order chi connectivity index (χ0) is 28.8. The molecule has 0 aliphatic carbocycles. The van der Waals surface area contributed by atoms with Crippen molar-refractivity contribution >= 4 is 29.3 Å². The van der Waals surface area contributed by atoms with Crippen LogP contribution >= 0.6 is 23.4 Å². The number of carbonyl (C=O) groups is 1. The average Bonchev–Trinajstić information content (AvgIpc) is 2.94. The van der Waals surface area contributed by atoms with Crippen LogP contribution in [0.15, 0.2) is 71.6 Å². The first-order chi connectivity index (χ1) is 19.2. The summed E-state index contributed by atoms with van der Waals surface area (Å²) in [5.74, 6) is 0.948. The Balaban J connectivity index is 1.48. The Morgan fingerprint density at radius 2 is 1.77 bits per heavy atom. The van der Waals surface area contributed by atoms with Gasteiger partial charge in [-0.15, -0.1) is 11.8 Å². The molecule has 214 valence electrons. The Bertz CT molecular complexity index is 1290. The predicted molar refractivity (Wildman–Crippen MR) is 157 cm³/mol. The Hall–Kier alpha value is -2.59. The van der Waals surface area contributed by atoms with Crippen molar-refractivity contribution in [2.75, 3.05) is 12.4 Å². The summed E-state index contributed by atoms with van der Waals surface area (Å²) in [6.07, 6.45) is -5.04. The maximum absolute atomic E-state index is 12.4. The Morgan fingerprint density at radius 1 is 1.02 bits per heavy atom. The molecule has 40 heavy (non-hydrogen) atoms. The second kappa shape index (κ2) is 13.9. The number of thioether (sulfide) groups is 1. The van der Waals surface area contributed by atoms with Crippen molar-refractivity contribution in [1.82, 2.24) is 5.32 Å². The van der Waals surface area contributed by atoms with E-state index in [1.807, 2.05) is 57.2 Å². The summed E-state index contributed by atoms with van der Waals surface area (Å²) in [7, 11) is 0. The molecule has 1 saturated heterocycles. The monoisotopic (exact) mass is 585 g/mol. The number of benzene rings is 3. The lowest BCUT2D eigenvalue weighted by atomic mass is 9.90. The van der Waals surface area contributed by atoms with Crippen molar-refractivity contribution in [3.8, 4) is 5.75 Å². The van der Waals surface area contributed by atoms with E-state index in [0.717, 1.165) is 21.8 Å². The van der Waals surface area contributed by atoms with Gasteiger partial charge in [0, 0.05) is 27.3 Å². The fourth-order valence-corrected chi connectivity index (χ4v) is 5.81. The second-order valence-corrected chi connectivity index (χ2v) is 11.6. The molecular formula is C31H36ClNO6S. The molecule has 0 bridgehead atoms. The lowest BCUT2D eigenvalue weighted by molar-refractivity contribution is -0.218. The molecule has 0 saturated carbocycles. The third-order valence-corrected chi connectivity index (χ3v) is 8.12. The third kappa shape index (κ3) is 7.57. The van der Waals surface area contributed by atoms with E-state index in [9.17, 15) is 20.1 Å². The summed E-state index contributed by atoms with van der Waals surface area (Å²) in [5, 5.41) is 35.7. The van der Waals surface area contributed by atoms with Crippen molar-refractivity contribution in [3.05, 3.63) is 94.0 Å². The summed E-state index contributed by atoms with van der Waals surface area (Å²) < 4.78 is 11.7. The second-order valence-electron chi connectivity index (χ2n) is 10.1. The molecule has 0 unspecified atom stereocenters. The maximum Gasteiger partial charge on any atom is 0.251 e. The molecule has 0 spiro atoms. The number of halogens is 1. The standard InChI is InChI=1S/C31H36ClNO6S/c1-4-38-23-11-8-19(9-12-23)14-22-15-20(10-13-25(22)32)30-29(36)28(35)27(34)26(39-30)17-40-24-7-5-6-21(16-24)31(37)33-18(2)3/h5-13,15-16,18,26-30,34-36H,4,14,17H2,1-3H3,(H,33,37)/t26-,27+,28-,29-,30+/m1/s1. The fourth-order valence-electron chi connectivity index (χ4n) is 4.61. The molecule has 3 aromatic carbocycles. The van der Waals surface area contributed by atoms with E-state index in [2.05, 4.69) is 5.32 Å². The highest BCUT2D eigenvalue weighted by atomic mass is 35.5. The molecule has 1 aliphatic rings. The Kier molecular flexibility index (Phi) is 10.5. The zero-order valence-electron chi connectivity index (χ0n) is 22.8. The lowest BCUT2D eigenvalue weighted by Gasteiger charge is -2.41. The normalized spacial score (nSPS) is 22.8. The molecule has 5 atom stereocenters. The Labute approximate surface area is 244 Å². The third-order valence-electron chi connectivity index (χ3n) is 6.67. The number of aliphatic hydroxyl groups is 3. The highest BCUT2D eigenvalue weighted by molar-refractivity contribution is 7.99. The lowest BCUT2D eigenvalue weighted by Crippen LogP contribution is -2.54. The number of nitrogens with one attached hydrogen (secondary N) is 1. The van der Waals surface area contributed by atoms with Crippen LogP contribution in [0.1, 0.15) is 53.9 Å². The van der Waals surface area contributed by atoms with Gasteiger partial charge in [0.25, 0.3) is 5.91 Å². The first kappa shape index (κ1) is 30.4. The molecular weight excluding hydrogens is 550 g/mol. The van der Waals surface area contributed by atoms with Crippen LogP contribution in [0.4, 0.5) is 0 Å². The van der Waals surface area contributed by atoms with E-state index in [1.165, 1.54) is 11.8 Å². The molecule has 4 rings (SSSR count). The number of hydrogen-bond acceptors (Lipinski definition) is 7. The summed E-state index contributed by atoms with van der Waals surface area (Å²) in [4.78, 5) is 13.2. The molecule has 9 heteroatoms. The molecule has 1 aliphatic heterocycles. The molecule has 1 heterocycles. The van der Waals surface area contributed by atoms with Gasteiger partial charge in [-0.3, -0.25) is 4.79 Å². The van der Waals surface area contributed by atoms with Crippen LogP contribution in [-0.2, 0) is 11.2 Å². The van der Waals surface area contributed by atoms with Crippen molar-refractivity contribution < 1.29 is 29.6 Å². The first-order valence-corrected chi connectivity index (χ1v) is 14.8. The van der Waals surface area contributed by atoms with Crippen molar-refractivity contribution in [2.24, 2.45) is 0 Å². The van der Waals surface area contributed by atoms with Gasteiger partial charge in [-0.05, 0) is 80.3 Å². The highest BCUT2D eigenvalue weighted by Gasteiger charge is 2.44. The number of ether oxygens (including phenoxy) is 2. The van der Waals surface area contributed by atoms with Gasteiger partial charge < -0.3 is 30.1 Å². The van der Waals surface area contributed by atoms with E-state index < -0.39 is 30.5 Å². The van der Waals surface area contributed by atoms with E-state index in [4.69, 9.17) is 21.1 Å². The van der Waals surface area contributed by atoms with E-state index in [-0.39, 0.29) is 11.9 Å². The summed E-state index contributed by atoms with van der Waals surface area (Å²) >= 11 is 7.92. The van der Waals surface area contributed by atoms with Gasteiger partial charge >= 0.3 is 0 Å². The van der Waals surface area contributed by atoms with Crippen molar-refractivity contribution in [2.45, 2.75) is 68.6 Å². The van der Waals surface area contributed by atoms with Crippen LogP contribution in [0.25, 0.3) is 0 Å². The molecule has 1 amide bonds. The van der Waals surface area contributed by atoms with Gasteiger partial charge in [0.05, 0.1) is 12.7 Å². The predicted octanol–water partition coefficient (Wildman–Crippen LogP) is 4.78. The minimum atomic E-state index is -1.39. The SMILES string of the molecule is CCOc1ccc(Cc2cc([C@@H]3O[C@H](CSc4cccc(C(=O)NC(C)C)c4)[C@H](O)[C@@H](O)[C@H]3O)ccc2Cl)cc1. The van der Waals surface area contributed by atoms with Gasteiger partial charge in [0.15, 0.2) is 0 Å². The average molecular weight is 586 g/mol. The number of amides is 1. The maximum atomic E-state index is 12.4. The molecule has 7 nitrogen and oxygen atoms in total. The van der Waals surface area contributed by atoms with Gasteiger partial charge in [0.2, 0.25) is 0 Å². The van der Waals surface area contributed by atoms with Crippen LogP contribution in [-0.4, -0.2) is 64.0 Å². The van der Waals surface area contributed by atoms with Crippen LogP contribution < -0.4 is 10.1 Å². The van der Waals surface area contributed by atoms with E-state index >= 15 is 0 Å². The van der Waals surface area contributed by atoms with Crippen LogP contribution in [0.5, 0.6) is 5.75 Å². The summed E-state index contributed by atoms with van der Waals surface area (Å²) in [6.45, 7) is 6.33. The molecule has 4 N–H and O–H groups in total. The largest absolute Gasteiger partial charge is 0.494 e. The topological polar surface area (TPSA) is 108 Å². The van der Waals surface area contributed by atoms with E-state index in [1.54, 1.807) is 30.3 Å². The number of rotatable bonds is 10. The van der Waals surface area contributed by atoms with Gasteiger partial charge in [-0.2, -0.15) is 0 Å². The van der Waals surface area contributed by atoms with E-state index in [0.29, 0.717) is 34.9 Å². The number of carbonyl (C=O) groups excluding carboxylic acids is 1. The molecule has 0 radical (unpaired) electrons. The zero-order valence-corrected chi connectivity index (χ0v) is 24.4. The number of aliphatic hydroxyl groups excluding tert-OH is 3. The van der Waals surface area contributed by atoms with Crippen LogP contribution in [0.3, 0.4) is 0 Å². The van der Waals surface area contributed by atoms with Crippen molar-refractivity contribution in [3.63, 3.8) is 0 Å².